The number of carbonyl (C=O) groups excluding carboxylic acids is 1. The fraction of sp³-hybridized carbons (Fsp3) is 0.250. The summed E-state index contributed by atoms with van der Waals surface area (Å²) in [6.45, 7) is 0. The number of carbonyl (C=O) groups is 1. The molecule has 0 saturated heterocycles. The normalized spacial score (nSPS) is 25.3. The Morgan fingerprint density at radius 3 is 2.18 bits per heavy atom. The number of hydrogen-bond donors (Lipinski definition) is 0. The summed E-state index contributed by atoms with van der Waals surface area (Å²) in [4.78, 5) is 11.8. The Hall–Kier alpha value is -1.65. The van der Waals surface area contributed by atoms with Crippen LogP contribution in [0.2, 0.25) is 0 Å². The van der Waals surface area contributed by atoms with Gasteiger partial charge in [0, 0.05) is 17.4 Å². The average Bonchev–Trinajstić information content (AvgIpc) is 2.74. The van der Waals surface area contributed by atoms with E-state index in [1.54, 1.807) is 0 Å². The van der Waals surface area contributed by atoms with Crippen LogP contribution in [0.4, 0.5) is 17.6 Å². The van der Waals surface area contributed by atoms with Crippen LogP contribution in [0.25, 0.3) is 0 Å². The molecule has 2 bridgehead atoms. The van der Waals surface area contributed by atoms with Crippen molar-refractivity contribution in [2.24, 2.45) is 5.92 Å². The Morgan fingerprint density at radius 2 is 1.47 bits per heavy atom. The van der Waals surface area contributed by atoms with Crippen molar-refractivity contribution in [2.75, 3.05) is 0 Å². The number of fused-ring (bicyclic) bond motifs is 4. The number of benzene rings is 1. The van der Waals surface area contributed by atoms with Gasteiger partial charge in [0.2, 0.25) is 0 Å². The second-order valence-electron chi connectivity index (χ2n) is 4.24. The van der Waals surface area contributed by atoms with Crippen LogP contribution in [0.5, 0.6) is 0 Å². The predicted octanol–water partition coefficient (Wildman–Crippen LogP) is 3.10. The average molecular weight is 242 g/mol. The number of rotatable bonds is 0. The van der Waals surface area contributed by atoms with Crippen LogP contribution in [0.15, 0.2) is 12.2 Å². The number of ketones is 1. The lowest BCUT2D eigenvalue weighted by molar-refractivity contribution is 0.0925. The van der Waals surface area contributed by atoms with E-state index in [0.29, 0.717) is 6.42 Å². The minimum atomic E-state index is -1.92. The van der Waals surface area contributed by atoms with Crippen LogP contribution in [0.3, 0.4) is 0 Å². The number of allylic oxidation sites excluding steroid dienone is 2. The van der Waals surface area contributed by atoms with Crippen molar-refractivity contribution in [3.8, 4) is 0 Å². The van der Waals surface area contributed by atoms with E-state index in [2.05, 4.69) is 0 Å². The maximum Gasteiger partial charge on any atom is 0.198 e. The molecule has 1 aromatic rings. The second-order valence-corrected chi connectivity index (χ2v) is 4.24. The van der Waals surface area contributed by atoms with Crippen LogP contribution >= 0.6 is 0 Å². The third-order valence-electron chi connectivity index (χ3n) is 3.34. The molecule has 17 heavy (non-hydrogen) atoms. The third-order valence-corrected chi connectivity index (χ3v) is 3.34. The largest absolute Gasteiger partial charge is 0.293 e. The molecular formula is C12H6F4O. The maximum atomic E-state index is 13.6. The van der Waals surface area contributed by atoms with Gasteiger partial charge in [-0.15, -0.1) is 0 Å². The molecule has 5 heteroatoms. The highest BCUT2D eigenvalue weighted by molar-refractivity contribution is 6.02. The van der Waals surface area contributed by atoms with Crippen LogP contribution < -0.4 is 0 Å². The predicted molar refractivity (Wildman–Crippen MR) is 50.6 cm³/mol. The zero-order chi connectivity index (χ0) is 12.3. The molecule has 1 aromatic carbocycles. The molecule has 3 rings (SSSR count). The molecule has 1 nitrogen and oxygen atoms in total. The van der Waals surface area contributed by atoms with Gasteiger partial charge in [0.15, 0.2) is 29.1 Å². The lowest BCUT2D eigenvalue weighted by atomic mass is 9.80. The Morgan fingerprint density at radius 1 is 0.882 bits per heavy atom. The molecule has 2 aliphatic rings. The van der Waals surface area contributed by atoms with Crippen molar-refractivity contribution >= 4 is 5.78 Å². The molecule has 0 N–H and O–H groups in total. The van der Waals surface area contributed by atoms with Gasteiger partial charge in [-0.3, -0.25) is 4.79 Å². The van der Waals surface area contributed by atoms with E-state index >= 15 is 0 Å². The quantitative estimate of drug-likeness (QED) is 0.296. The highest BCUT2D eigenvalue weighted by Gasteiger charge is 2.41. The van der Waals surface area contributed by atoms with Gasteiger partial charge >= 0.3 is 0 Å². The van der Waals surface area contributed by atoms with Crippen LogP contribution in [-0.2, 0) is 0 Å². The highest BCUT2D eigenvalue weighted by atomic mass is 19.2. The van der Waals surface area contributed by atoms with Crippen LogP contribution in [0.1, 0.15) is 28.3 Å². The molecule has 2 aliphatic carbocycles. The Bertz CT molecular complexity index is 577. The lowest BCUT2D eigenvalue weighted by Crippen LogP contribution is -2.24. The van der Waals surface area contributed by atoms with E-state index in [1.165, 1.54) is 12.2 Å². The van der Waals surface area contributed by atoms with Crippen molar-refractivity contribution in [1.82, 2.24) is 0 Å². The summed E-state index contributed by atoms with van der Waals surface area (Å²) in [6.07, 6.45) is 3.36. The van der Waals surface area contributed by atoms with Gasteiger partial charge in [-0.05, 0) is 6.42 Å². The van der Waals surface area contributed by atoms with Crippen LogP contribution in [0, 0.1) is 29.2 Å². The molecule has 0 heterocycles. The Kier molecular flexibility index (Phi) is 1.97. The molecule has 0 spiro atoms. The van der Waals surface area contributed by atoms with Gasteiger partial charge in [-0.1, -0.05) is 12.2 Å². The molecule has 2 unspecified atom stereocenters. The fourth-order valence-electron chi connectivity index (χ4n) is 2.53. The Balaban J connectivity index is 2.40. The molecule has 2 atom stereocenters. The van der Waals surface area contributed by atoms with Crippen molar-refractivity contribution in [3.05, 3.63) is 46.5 Å². The van der Waals surface area contributed by atoms with Crippen molar-refractivity contribution in [3.63, 3.8) is 0 Å². The van der Waals surface area contributed by atoms with Gasteiger partial charge in [-0.2, -0.15) is 0 Å². The Labute approximate surface area is 93.7 Å². The summed E-state index contributed by atoms with van der Waals surface area (Å²) < 4.78 is 53.3. The fourth-order valence-corrected chi connectivity index (χ4v) is 2.53. The molecule has 0 saturated carbocycles. The molecule has 0 aliphatic heterocycles. The zero-order valence-corrected chi connectivity index (χ0v) is 8.44. The molecule has 0 amide bonds. The first-order chi connectivity index (χ1) is 8.02. The van der Waals surface area contributed by atoms with Crippen molar-refractivity contribution < 1.29 is 22.4 Å². The number of hydrogen-bond acceptors (Lipinski definition) is 1. The van der Waals surface area contributed by atoms with Gasteiger partial charge < -0.3 is 0 Å². The lowest BCUT2D eigenvalue weighted by Gasteiger charge is -2.23. The first-order valence-corrected chi connectivity index (χ1v) is 5.10. The van der Waals surface area contributed by atoms with Crippen molar-refractivity contribution in [2.45, 2.75) is 12.3 Å². The molecule has 0 fully saturated rings. The van der Waals surface area contributed by atoms with Crippen LogP contribution in [-0.4, -0.2) is 5.78 Å². The highest BCUT2D eigenvalue weighted by Crippen LogP contribution is 2.44. The summed E-state index contributed by atoms with van der Waals surface area (Å²) in [7, 11) is 0. The van der Waals surface area contributed by atoms with E-state index in [-0.39, 0.29) is 5.56 Å². The van der Waals surface area contributed by atoms with Gasteiger partial charge in [0.05, 0.1) is 5.56 Å². The van der Waals surface area contributed by atoms with Gasteiger partial charge in [0.25, 0.3) is 0 Å². The van der Waals surface area contributed by atoms with Gasteiger partial charge in [0.1, 0.15) is 0 Å². The topological polar surface area (TPSA) is 17.1 Å². The third kappa shape index (κ3) is 1.16. The molecule has 0 aromatic heterocycles. The zero-order valence-electron chi connectivity index (χ0n) is 8.44. The number of Topliss-reactive ketones (excluding diaryl/α,β-unsaturated/α-hetero) is 1. The van der Waals surface area contributed by atoms with Crippen molar-refractivity contribution in [1.29, 1.82) is 0 Å². The standard InChI is InChI=1S/C12H6F4O/c13-8-6-4-1-2-5(3-4)12(17)7(6)9(14)11(16)10(8)15/h1-2,4-5H,3H2. The summed E-state index contributed by atoms with van der Waals surface area (Å²) in [5, 5.41) is 0. The van der Waals surface area contributed by atoms with E-state index in [9.17, 15) is 22.4 Å². The first kappa shape index (κ1) is 10.5. The molecule has 0 radical (unpaired) electrons. The number of halogens is 4. The maximum absolute atomic E-state index is 13.6. The summed E-state index contributed by atoms with van der Waals surface area (Å²) in [6, 6.07) is 0. The second kappa shape index (κ2) is 3.18. The molecule has 88 valence electrons. The monoisotopic (exact) mass is 242 g/mol. The minimum Gasteiger partial charge on any atom is -0.293 e. The van der Waals surface area contributed by atoms with E-state index < -0.39 is 46.5 Å². The summed E-state index contributed by atoms with van der Waals surface area (Å²) in [5.74, 6) is -8.59. The smallest absolute Gasteiger partial charge is 0.198 e. The first-order valence-electron chi connectivity index (χ1n) is 5.10. The van der Waals surface area contributed by atoms with E-state index in [1.807, 2.05) is 0 Å². The SMILES string of the molecule is O=C1c2c(F)c(F)c(F)c(F)c2C2C=CC1C2. The summed E-state index contributed by atoms with van der Waals surface area (Å²) >= 11 is 0. The van der Waals surface area contributed by atoms with E-state index in [0.717, 1.165) is 0 Å². The summed E-state index contributed by atoms with van der Waals surface area (Å²) in [5.41, 5.74) is -0.982. The molecular weight excluding hydrogens is 236 g/mol. The van der Waals surface area contributed by atoms with Gasteiger partial charge in [-0.25, -0.2) is 17.6 Å². The minimum absolute atomic E-state index is 0.299. The van der Waals surface area contributed by atoms with E-state index in [4.69, 9.17) is 0 Å².